The van der Waals surface area contributed by atoms with E-state index < -0.39 is 5.82 Å². The highest BCUT2D eigenvalue weighted by Gasteiger charge is 2.13. The van der Waals surface area contributed by atoms with Crippen molar-refractivity contribution in [3.05, 3.63) is 29.8 Å². The molecule has 6 heteroatoms. The third-order valence-electron chi connectivity index (χ3n) is 2.13. The monoisotopic (exact) mass is 253 g/mol. The molecule has 4 nitrogen and oxygen atoms in total. The molecule has 0 spiro atoms. The van der Waals surface area contributed by atoms with Gasteiger partial charge in [0.25, 0.3) is 5.89 Å². The predicted molar refractivity (Wildman–Crippen MR) is 65.9 cm³/mol. The van der Waals surface area contributed by atoms with Crippen LogP contribution in [0.1, 0.15) is 12.7 Å². The van der Waals surface area contributed by atoms with Crippen molar-refractivity contribution in [1.29, 1.82) is 0 Å². The summed E-state index contributed by atoms with van der Waals surface area (Å²) in [6, 6.07) is 4.37. The average Bonchev–Trinajstić information content (AvgIpc) is 2.75. The van der Waals surface area contributed by atoms with E-state index in [1.165, 1.54) is 12.1 Å². The van der Waals surface area contributed by atoms with Gasteiger partial charge in [-0.3, -0.25) is 0 Å². The molecular weight excluding hydrogens is 241 g/mol. The number of nitrogen functional groups attached to an aromatic ring is 1. The number of anilines is 1. The Morgan fingerprint density at radius 3 is 3.00 bits per heavy atom. The summed E-state index contributed by atoms with van der Waals surface area (Å²) in [7, 11) is 0. The molecule has 2 aromatic rings. The molecule has 0 radical (unpaired) electrons. The van der Waals surface area contributed by atoms with Crippen molar-refractivity contribution in [1.82, 2.24) is 10.1 Å². The topological polar surface area (TPSA) is 64.9 Å². The smallest absolute Gasteiger partial charge is 0.260 e. The second-order valence-corrected chi connectivity index (χ2v) is 4.67. The van der Waals surface area contributed by atoms with Crippen LogP contribution in [-0.4, -0.2) is 15.9 Å². The summed E-state index contributed by atoms with van der Waals surface area (Å²) in [6.45, 7) is 2.05. The van der Waals surface area contributed by atoms with Crippen LogP contribution in [0.3, 0.4) is 0 Å². The molecule has 17 heavy (non-hydrogen) atoms. The fourth-order valence-corrected chi connectivity index (χ4v) is 1.82. The minimum Gasteiger partial charge on any atom is -0.399 e. The van der Waals surface area contributed by atoms with Crippen LogP contribution in [0.4, 0.5) is 10.1 Å². The van der Waals surface area contributed by atoms with Crippen LogP contribution in [-0.2, 0) is 5.75 Å². The number of nitrogens with zero attached hydrogens (tertiary/aromatic N) is 2. The van der Waals surface area contributed by atoms with Crippen LogP contribution in [0.15, 0.2) is 22.7 Å². The maximum Gasteiger partial charge on any atom is 0.260 e. The lowest BCUT2D eigenvalue weighted by Crippen LogP contribution is -1.90. The normalized spacial score (nSPS) is 10.7. The Balaban J connectivity index is 2.24. The van der Waals surface area contributed by atoms with Crippen LogP contribution >= 0.6 is 11.8 Å². The molecule has 2 N–H and O–H groups in total. The summed E-state index contributed by atoms with van der Waals surface area (Å²) in [4.78, 5) is 4.13. The number of hydrogen-bond donors (Lipinski definition) is 1. The maximum absolute atomic E-state index is 13.6. The molecule has 0 aliphatic carbocycles. The van der Waals surface area contributed by atoms with E-state index in [1.807, 2.05) is 6.92 Å². The molecule has 0 aliphatic rings. The Hall–Kier alpha value is -1.56. The molecule has 1 aromatic carbocycles. The van der Waals surface area contributed by atoms with E-state index in [4.69, 9.17) is 10.3 Å². The van der Waals surface area contributed by atoms with Gasteiger partial charge in [-0.15, -0.1) is 0 Å². The SMILES string of the molecule is CCSCc1noc(-c2ccc(N)cc2F)n1. The summed E-state index contributed by atoms with van der Waals surface area (Å²) in [6.07, 6.45) is 0. The van der Waals surface area contributed by atoms with Gasteiger partial charge in [0.15, 0.2) is 5.82 Å². The van der Waals surface area contributed by atoms with Crippen molar-refractivity contribution in [2.75, 3.05) is 11.5 Å². The first-order valence-electron chi connectivity index (χ1n) is 5.16. The van der Waals surface area contributed by atoms with Crippen molar-refractivity contribution in [2.45, 2.75) is 12.7 Å². The third-order valence-corrected chi connectivity index (χ3v) is 3.00. The van der Waals surface area contributed by atoms with Gasteiger partial charge in [-0.1, -0.05) is 12.1 Å². The second-order valence-electron chi connectivity index (χ2n) is 3.39. The minimum atomic E-state index is -0.455. The summed E-state index contributed by atoms with van der Waals surface area (Å²) in [5, 5.41) is 3.79. The lowest BCUT2D eigenvalue weighted by atomic mass is 10.2. The van der Waals surface area contributed by atoms with Crippen molar-refractivity contribution < 1.29 is 8.91 Å². The first kappa shape index (κ1) is 11.9. The third kappa shape index (κ3) is 2.76. The molecule has 90 valence electrons. The number of hydrogen-bond acceptors (Lipinski definition) is 5. The van der Waals surface area contributed by atoms with Gasteiger partial charge in [0.2, 0.25) is 0 Å². The number of rotatable bonds is 4. The number of benzene rings is 1. The van der Waals surface area contributed by atoms with Gasteiger partial charge in [0.1, 0.15) is 5.82 Å². The Morgan fingerprint density at radius 1 is 1.47 bits per heavy atom. The van der Waals surface area contributed by atoms with E-state index in [0.29, 0.717) is 17.3 Å². The van der Waals surface area contributed by atoms with E-state index in [0.717, 1.165) is 5.75 Å². The van der Waals surface area contributed by atoms with E-state index in [9.17, 15) is 4.39 Å². The van der Waals surface area contributed by atoms with Crippen LogP contribution in [0.5, 0.6) is 0 Å². The standard InChI is InChI=1S/C11H12FN3OS/c1-2-17-6-10-14-11(16-15-10)8-4-3-7(13)5-9(8)12/h3-5H,2,6,13H2,1H3. The molecule has 0 fully saturated rings. The summed E-state index contributed by atoms with van der Waals surface area (Å²) < 4.78 is 18.6. The van der Waals surface area contributed by atoms with Crippen LogP contribution in [0.2, 0.25) is 0 Å². The fraction of sp³-hybridized carbons (Fsp3) is 0.273. The van der Waals surface area contributed by atoms with Gasteiger partial charge < -0.3 is 10.3 Å². The van der Waals surface area contributed by atoms with E-state index in [2.05, 4.69) is 10.1 Å². The van der Waals surface area contributed by atoms with Crippen molar-refractivity contribution >= 4 is 17.4 Å². The molecule has 2 rings (SSSR count). The summed E-state index contributed by atoms with van der Waals surface area (Å²) >= 11 is 1.68. The summed E-state index contributed by atoms with van der Waals surface area (Å²) in [5.41, 5.74) is 6.11. The largest absolute Gasteiger partial charge is 0.399 e. The van der Waals surface area contributed by atoms with Crippen molar-refractivity contribution in [2.24, 2.45) is 0 Å². The lowest BCUT2D eigenvalue weighted by Gasteiger charge is -1.97. The predicted octanol–water partition coefficient (Wildman–Crippen LogP) is 2.71. The van der Waals surface area contributed by atoms with Crippen LogP contribution in [0.25, 0.3) is 11.5 Å². The quantitative estimate of drug-likeness (QED) is 0.849. The van der Waals surface area contributed by atoms with Gasteiger partial charge in [0.05, 0.1) is 11.3 Å². The van der Waals surface area contributed by atoms with E-state index in [-0.39, 0.29) is 11.5 Å². The molecule has 1 heterocycles. The zero-order valence-corrected chi connectivity index (χ0v) is 10.1. The van der Waals surface area contributed by atoms with Gasteiger partial charge in [-0.2, -0.15) is 16.7 Å². The highest BCUT2D eigenvalue weighted by Crippen LogP contribution is 2.23. The minimum absolute atomic E-state index is 0.189. The molecule has 0 bridgehead atoms. The van der Waals surface area contributed by atoms with E-state index >= 15 is 0 Å². The zero-order valence-electron chi connectivity index (χ0n) is 9.31. The average molecular weight is 253 g/mol. The Bertz CT molecular complexity index is 515. The van der Waals surface area contributed by atoms with Gasteiger partial charge in [-0.25, -0.2) is 4.39 Å². The fourth-order valence-electron chi connectivity index (χ4n) is 1.32. The molecule has 0 atom stereocenters. The Morgan fingerprint density at radius 2 is 2.29 bits per heavy atom. The lowest BCUT2D eigenvalue weighted by molar-refractivity contribution is 0.423. The van der Waals surface area contributed by atoms with Gasteiger partial charge >= 0.3 is 0 Å². The molecular formula is C11H12FN3OS. The number of halogens is 1. The highest BCUT2D eigenvalue weighted by molar-refractivity contribution is 7.98. The zero-order chi connectivity index (χ0) is 12.3. The first-order chi connectivity index (χ1) is 8.20. The molecule has 0 saturated carbocycles. The Labute approximate surface area is 102 Å². The molecule has 0 aliphatic heterocycles. The summed E-state index contributed by atoms with van der Waals surface area (Å²) in [5.74, 6) is 1.94. The molecule has 0 unspecified atom stereocenters. The molecule has 0 amide bonds. The van der Waals surface area contributed by atoms with Crippen molar-refractivity contribution in [3.8, 4) is 11.5 Å². The number of aromatic nitrogens is 2. The molecule has 1 aromatic heterocycles. The maximum atomic E-state index is 13.6. The Kier molecular flexibility index (Phi) is 3.63. The first-order valence-corrected chi connectivity index (χ1v) is 6.32. The molecule has 0 saturated heterocycles. The van der Waals surface area contributed by atoms with E-state index in [1.54, 1.807) is 17.8 Å². The highest BCUT2D eigenvalue weighted by atomic mass is 32.2. The number of thioether (sulfide) groups is 1. The van der Waals surface area contributed by atoms with Gasteiger partial charge in [-0.05, 0) is 24.0 Å². The van der Waals surface area contributed by atoms with Crippen molar-refractivity contribution in [3.63, 3.8) is 0 Å². The second kappa shape index (κ2) is 5.18. The van der Waals surface area contributed by atoms with Crippen LogP contribution in [0, 0.1) is 5.82 Å². The number of nitrogens with two attached hydrogens (primary N) is 1. The van der Waals surface area contributed by atoms with Gasteiger partial charge in [0, 0.05) is 5.69 Å². The van der Waals surface area contributed by atoms with Crippen LogP contribution < -0.4 is 5.73 Å².